The first kappa shape index (κ1) is 13.9. The number of aromatic amines is 1. The van der Waals surface area contributed by atoms with Crippen LogP contribution in [0.5, 0.6) is 0 Å². The lowest BCUT2D eigenvalue weighted by Crippen LogP contribution is -2.39. The van der Waals surface area contributed by atoms with Crippen LogP contribution in [-0.2, 0) is 9.47 Å². The van der Waals surface area contributed by atoms with Crippen molar-refractivity contribution in [3.8, 4) is 0 Å². The summed E-state index contributed by atoms with van der Waals surface area (Å²) in [5.74, 6) is 0. The Kier molecular flexibility index (Phi) is 3.85. The lowest BCUT2D eigenvalue weighted by molar-refractivity contribution is -0.0626. The van der Waals surface area contributed by atoms with E-state index in [1.165, 1.54) is 13.3 Å². The highest BCUT2D eigenvalue weighted by Gasteiger charge is 2.45. The molecule has 1 aliphatic heterocycles. The average molecular weight is 272 g/mol. The number of methoxy groups -OCH3 is 1. The van der Waals surface area contributed by atoms with Crippen molar-refractivity contribution in [2.75, 3.05) is 13.7 Å². The SMILES string of the molecule is CO[C@H]1[C@H](O)[C@H](CO)O[C@@H]1n1cc(C)c(=O)[nH]c1=O. The maximum Gasteiger partial charge on any atom is 0.330 e. The van der Waals surface area contributed by atoms with Crippen LogP contribution in [0, 0.1) is 6.92 Å². The van der Waals surface area contributed by atoms with Gasteiger partial charge in [0.15, 0.2) is 6.23 Å². The fourth-order valence-corrected chi connectivity index (χ4v) is 2.12. The van der Waals surface area contributed by atoms with Gasteiger partial charge in [0.05, 0.1) is 6.61 Å². The molecule has 0 bridgehead atoms. The fraction of sp³-hybridized carbons (Fsp3) is 0.636. The van der Waals surface area contributed by atoms with Crippen molar-refractivity contribution in [1.29, 1.82) is 0 Å². The minimum absolute atomic E-state index is 0.333. The van der Waals surface area contributed by atoms with Gasteiger partial charge in [0.1, 0.15) is 18.3 Å². The molecule has 1 aromatic heterocycles. The van der Waals surface area contributed by atoms with Gasteiger partial charge >= 0.3 is 5.69 Å². The summed E-state index contributed by atoms with van der Waals surface area (Å²) in [5.41, 5.74) is -0.805. The second-order valence-corrected chi connectivity index (χ2v) is 4.42. The fourth-order valence-electron chi connectivity index (χ4n) is 2.12. The summed E-state index contributed by atoms with van der Waals surface area (Å²) in [4.78, 5) is 25.2. The third-order valence-corrected chi connectivity index (χ3v) is 3.18. The number of rotatable bonds is 3. The molecule has 0 unspecified atom stereocenters. The van der Waals surface area contributed by atoms with Gasteiger partial charge in [0.25, 0.3) is 5.56 Å². The summed E-state index contributed by atoms with van der Waals surface area (Å²) >= 11 is 0. The van der Waals surface area contributed by atoms with E-state index in [0.717, 1.165) is 4.57 Å². The first-order valence-electron chi connectivity index (χ1n) is 5.78. The lowest BCUT2D eigenvalue weighted by Gasteiger charge is -2.20. The Morgan fingerprint density at radius 2 is 2.21 bits per heavy atom. The van der Waals surface area contributed by atoms with Gasteiger partial charge in [-0.3, -0.25) is 14.3 Å². The molecule has 19 heavy (non-hydrogen) atoms. The lowest BCUT2D eigenvalue weighted by atomic mass is 10.1. The second kappa shape index (κ2) is 5.25. The van der Waals surface area contributed by atoms with Gasteiger partial charge in [-0.25, -0.2) is 4.79 Å². The van der Waals surface area contributed by atoms with Crippen LogP contribution in [0.2, 0.25) is 0 Å². The summed E-state index contributed by atoms with van der Waals surface area (Å²) in [5, 5.41) is 19.0. The normalized spacial score (nSPS) is 30.7. The zero-order valence-corrected chi connectivity index (χ0v) is 10.6. The molecule has 8 heteroatoms. The predicted molar refractivity (Wildman–Crippen MR) is 63.9 cm³/mol. The minimum atomic E-state index is -1.06. The monoisotopic (exact) mass is 272 g/mol. The molecule has 0 aliphatic carbocycles. The number of hydrogen-bond acceptors (Lipinski definition) is 6. The zero-order chi connectivity index (χ0) is 14.2. The summed E-state index contributed by atoms with van der Waals surface area (Å²) in [6.07, 6.45) is -2.27. The number of aliphatic hydroxyl groups is 2. The molecule has 1 aliphatic rings. The number of nitrogens with one attached hydrogen (secondary N) is 1. The van der Waals surface area contributed by atoms with E-state index >= 15 is 0 Å². The van der Waals surface area contributed by atoms with Crippen LogP contribution in [0.15, 0.2) is 15.8 Å². The summed E-state index contributed by atoms with van der Waals surface area (Å²) < 4.78 is 11.7. The molecule has 4 atom stereocenters. The number of ether oxygens (including phenoxy) is 2. The number of nitrogens with zero attached hydrogens (tertiary/aromatic N) is 1. The molecule has 3 N–H and O–H groups in total. The van der Waals surface area contributed by atoms with Crippen LogP contribution in [0.25, 0.3) is 0 Å². The quantitative estimate of drug-likeness (QED) is 0.593. The van der Waals surface area contributed by atoms with Gasteiger partial charge < -0.3 is 19.7 Å². The van der Waals surface area contributed by atoms with Gasteiger partial charge in [0.2, 0.25) is 0 Å². The molecule has 1 aromatic rings. The molecular formula is C11H16N2O6. The first-order valence-corrected chi connectivity index (χ1v) is 5.78. The molecular weight excluding hydrogens is 256 g/mol. The third kappa shape index (κ3) is 2.35. The smallest absolute Gasteiger partial charge is 0.330 e. The minimum Gasteiger partial charge on any atom is -0.394 e. The Morgan fingerprint density at radius 1 is 1.53 bits per heavy atom. The van der Waals surface area contributed by atoms with Crippen molar-refractivity contribution in [2.24, 2.45) is 0 Å². The Hall–Kier alpha value is -1.48. The van der Waals surface area contributed by atoms with Crippen LogP contribution in [0.3, 0.4) is 0 Å². The predicted octanol–water partition coefficient (Wildman–Crippen LogP) is -1.89. The van der Waals surface area contributed by atoms with E-state index in [2.05, 4.69) is 4.98 Å². The average Bonchev–Trinajstić information content (AvgIpc) is 2.70. The molecule has 0 amide bonds. The second-order valence-electron chi connectivity index (χ2n) is 4.42. The maximum atomic E-state index is 11.8. The van der Waals surface area contributed by atoms with E-state index in [1.807, 2.05) is 0 Å². The number of aliphatic hydroxyl groups excluding tert-OH is 2. The highest BCUT2D eigenvalue weighted by molar-refractivity contribution is 5.03. The van der Waals surface area contributed by atoms with Crippen molar-refractivity contribution >= 4 is 0 Å². The first-order chi connectivity index (χ1) is 8.99. The summed E-state index contributed by atoms with van der Waals surface area (Å²) in [7, 11) is 1.37. The Balaban J connectivity index is 2.44. The van der Waals surface area contributed by atoms with E-state index < -0.39 is 42.4 Å². The molecule has 1 saturated heterocycles. The maximum absolute atomic E-state index is 11.8. The van der Waals surface area contributed by atoms with Gasteiger partial charge in [-0.15, -0.1) is 0 Å². The molecule has 8 nitrogen and oxygen atoms in total. The molecule has 0 radical (unpaired) electrons. The molecule has 2 rings (SSSR count). The Labute approximate surface area is 108 Å². The molecule has 0 spiro atoms. The highest BCUT2D eigenvalue weighted by Crippen LogP contribution is 2.30. The van der Waals surface area contributed by atoms with Crippen molar-refractivity contribution in [3.63, 3.8) is 0 Å². The number of H-pyrrole nitrogens is 1. The largest absolute Gasteiger partial charge is 0.394 e. The van der Waals surface area contributed by atoms with Gasteiger partial charge in [-0.05, 0) is 6.92 Å². The molecule has 0 saturated carbocycles. The van der Waals surface area contributed by atoms with Crippen molar-refractivity contribution in [1.82, 2.24) is 9.55 Å². The Morgan fingerprint density at radius 3 is 2.79 bits per heavy atom. The van der Waals surface area contributed by atoms with Gasteiger partial charge in [-0.2, -0.15) is 0 Å². The highest BCUT2D eigenvalue weighted by atomic mass is 16.6. The van der Waals surface area contributed by atoms with Crippen LogP contribution in [0.4, 0.5) is 0 Å². The standard InChI is InChI=1S/C11H16N2O6/c1-5-3-13(11(17)12-9(5)16)10-8(18-2)7(15)6(4-14)19-10/h3,6-8,10,14-15H,4H2,1-2H3,(H,12,16,17)/t6-,7+,8-,10-/m0/s1. The van der Waals surface area contributed by atoms with Crippen LogP contribution in [-0.4, -0.2) is 51.8 Å². The molecule has 2 heterocycles. The topological polar surface area (TPSA) is 114 Å². The van der Waals surface area contributed by atoms with Gasteiger partial charge in [-0.1, -0.05) is 0 Å². The number of aryl methyl sites for hydroxylation is 1. The Bertz CT molecular complexity index is 565. The van der Waals surface area contributed by atoms with Crippen molar-refractivity contribution < 1.29 is 19.7 Å². The van der Waals surface area contributed by atoms with Crippen LogP contribution >= 0.6 is 0 Å². The summed E-state index contributed by atoms with van der Waals surface area (Å²) in [6, 6.07) is 0. The number of hydrogen-bond donors (Lipinski definition) is 3. The molecule has 1 fully saturated rings. The third-order valence-electron chi connectivity index (χ3n) is 3.18. The van der Waals surface area contributed by atoms with E-state index in [-0.39, 0.29) is 0 Å². The van der Waals surface area contributed by atoms with E-state index in [0.29, 0.717) is 5.56 Å². The molecule has 106 valence electrons. The van der Waals surface area contributed by atoms with Crippen LogP contribution in [0.1, 0.15) is 11.8 Å². The van der Waals surface area contributed by atoms with Crippen LogP contribution < -0.4 is 11.2 Å². The van der Waals surface area contributed by atoms with Gasteiger partial charge in [0, 0.05) is 18.9 Å². The van der Waals surface area contributed by atoms with E-state index in [9.17, 15) is 14.7 Å². The van der Waals surface area contributed by atoms with Crippen molar-refractivity contribution in [2.45, 2.75) is 31.5 Å². The molecule has 0 aromatic carbocycles. The zero-order valence-electron chi connectivity index (χ0n) is 10.6. The number of aromatic nitrogens is 2. The summed E-state index contributed by atoms with van der Waals surface area (Å²) in [6.45, 7) is 1.15. The van der Waals surface area contributed by atoms with Crippen molar-refractivity contribution in [3.05, 3.63) is 32.6 Å². The van der Waals surface area contributed by atoms with E-state index in [4.69, 9.17) is 14.6 Å². The van der Waals surface area contributed by atoms with E-state index in [1.54, 1.807) is 6.92 Å².